The predicted molar refractivity (Wildman–Crippen MR) is 85.6 cm³/mol. The van der Waals surface area contributed by atoms with Crippen molar-refractivity contribution in [1.82, 2.24) is 0 Å². The molecule has 1 aliphatic rings. The maximum absolute atomic E-state index is 6.00. The topological polar surface area (TPSA) is 18.5 Å². The van der Waals surface area contributed by atoms with Gasteiger partial charge in [0.1, 0.15) is 0 Å². The Bertz CT molecular complexity index is 484. The van der Waals surface area contributed by atoms with Crippen LogP contribution in [0, 0.1) is 0 Å². The van der Waals surface area contributed by atoms with E-state index in [2.05, 4.69) is 71.8 Å². The molecule has 20 heavy (non-hydrogen) atoms. The van der Waals surface area contributed by atoms with E-state index < -0.39 is 0 Å². The second kappa shape index (κ2) is 5.38. The van der Waals surface area contributed by atoms with E-state index in [9.17, 15) is 0 Å². The van der Waals surface area contributed by atoms with Crippen LogP contribution in [0.15, 0.2) is 30.2 Å². The molecule has 0 unspecified atom stereocenters. The second-order valence-electron chi connectivity index (χ2n) is 6.52. The summed E-state index contributed by atoms with van der Waals surface area (Å²) in [7, 11) is -0.272. The summed E-state index contributed by atoms with van der Waals surface area (Å²) in [6.45, 7) is 12.6. The molecule has 0 atom stereocenters. The molecule has 1 aromatic rings. The summed E-state index contributed by atoms with van der Waals surface area (Å²) in [5.74, 6) is 2.07. The number of hydrogen-bond donors (Lipinski definition) is 0. The van der Waals surface area contributed by atoms with Gasteiger partial charge in [-0.05, 0) is 52.2 Å². The summed E-state index contributed by atoms with van der Waals surface area (Å²) in [5.41, 5.74) is 3.21. The molecular formula is C17H25BO2. The first-order valence-corrected chi connectivity index (χ1v) is 7.38. The highest BCUT2D eigenvalue weighted by Gasteiger charge is 2.50. The molecule has 0 amide bonds. The van der Waals surface area contributed by atoms with Crippen LogP contribution in [0.4, 0.5) is 0 Å². The Morgan fingerprint density at radius 2 is 1.55 bits per heavy atom. The summed E-state index contributed by atoms with van der Waals surface area (Å²) in [6.07, 6.45) is 1.07. The fourth-order valence-corrected chi connectivity index (χ4v) is 2.26. The molecule has 2 nitrogen and oxygen atoms in total. The van der Waals surface area contributed by atoms with Crippen molar-refractivity contribution in [2.75, 3.05) is 0 Å². The van der Waals surface area contributed by atoms with Crippen LogP contribution in [-0.2, 0) is 15.7 Å². The first-order chi connectivity index (χ1) is 9.25. The van der Waals surface area contributed by atoms with E-state index in [0.29, 0.717) is 0 Å². The number of allylic oxidation sites excluding steroid dienone is 1. The van der Waals surface area contributed by atoms with E-state index in [4.69, 9.17) is 9.31 Å². The Balaban J connectivity index is 2.15. The second-order valence-corrected chi connectivity index (χ2v) is 6.52. The predicted octanol–water partition coefficient (Wildman–Crippen LogP) is 4.28. The molecule has 0 bridgehead atoms. The molecule has 0 saturated carbocycles. The molecule has 0 aliphatic carbocycles. The van der Waals surface area contributed by atoms with Gasteiger partial charge in [-0.15, -0.1) is 0 Å². The van der Waals surface area contributed by atoms with Crippen LogP contribution in [0.1, 0.15) is 52.7 Å². The Morgan fingerprint density at radius 3 is 2.00 bits per heavy atom. The lowest BCUT2D eigenvalue weighted by atomic mass is 9.85. The van der Waals surface area contributed by atoms with Gasteiger partial charge in [0.25, 0.3) is 0 Å². The van der Waals surface area contributed by atoms with Gasteiger partial charge in [0.15, 0.2) is 0 Å². The molecule has 0 aromatic heterocycles. The average molecular weight is 272 g/mol. The molecular weight excluding hydrogens is 247 g/mol. The fourth-order valence-electron chi connectivity index (χ4n) is 2.26. The van der Waals surface area contributed by atoms with Gasteiger partial charge in [0.2, 0.25) is 0 Å². The molecule has 0 spiro atoms. The molecule has 3 heteroatoms. The lowest BCUT2D eigenvalue weighted by Crippen LogP contribution is -2.41. The van der Waals surface area contributed by atoms with Crippen molar-refractivity contribution >= 4 is 12.7 Å². The van der Waals surface area contributed by atoms with Crippen molar-refractivity contribution in [3.05, 3.63) is 41.4 Å². The molecule has 2 rings (SSSR count). The van der Waals surface area contributed by atoms with E-state index in [1.54, 1.807) is 0 Å². The van der Waals surface area contributed by atoms with Gasteiger partial charge in [-0.3, -0.25) is 0 Å². The van der Waals surface area contributed by atoms with Gasteiger partial charge >= 0.3 is 7.12 Å². The van der Waals surface area contributed by atoms with Gasteiger partial charge in [0.05, 0.1) is 11.2 Å². The maximum atomic E-state index is 6.00. The third-order valence-corrected chi connectivity index (χ3v) is 4.48. The molecule has 1 heterocycles. The van der Waals surface area contributed by atoms with Crippen LogP contribution in [0.3, 0.4) is 0 Å². The zero-order chi connectivity index (χ0) is 15.0. The van der Waals surface area contributed by atoms with Gasteiger partial charge in [-0.2, -0.15) is 0 Å². The van der Waals surface area contributed by atoms with E-state index in [1.165, 1.54) is 16.7 Å². The normalized spacial score (nSPS) is 21.3. The molecule has 0 N–H and O–H groups in total. The Labute approximate surface area is 123 Å². The van der Waals surface area contributed by atoms with Gasteiger partial charge in [-0.1, -0.05) is 42.7 Å². The Hall–Kier alpha value is -1.06. The molecule has 1 fully saturated rings. The summed E-state index contributed by atoms with van der Waals surface area (Å²) in [4.78, 5) is 0. The van der Waals surface area contributed by atoms with Crippen LogP contribution < -0.4 is 0 Å². The lowest BCUT2D eigenvalue weighted by Gasteiger charge is -2.32. The Morgan fingerprint density at radius 1 is 1.05 bits per heavy atom. The van der Waals surface area contributed by atoms with Crippen LogP contribution in [-0.4, -0.2) is 18.3 Å². The van der Waals surface area contributed by atoms with Crippen molar-refractivity contribution < 1.29 is 9.31 Å². The van der Waals surface area contributed by atoms with Crippen LogP contribution in [0.2, 0.25) is 0 Å². The summed E-state index contributed by atoms with van der Waals surface area (Å²) >= 11 is 0. The third kappa shape index (κ3) is 2.99. The molecule has 1 saturated heterocycles. The van der Waals surface area contributed by atoms with Crippen molar-refractivity contribution in [3.8, 4) is 0 Å². The lowest BCUT2D eigenvalue weighted by molar-refractivity contribution is 0.00578. The van der Waals surface area contributed by atoms with Crippen molar-refractivity contribution in [1.29, 1.82) is 0 Å². The SMILES string of the molecule is CCc1ccc(/C(C)=C/B2OC(C)(C)C(C)(C)O2)cc1. The van der Waals surface area contributed by atoms with Gasteiger partial charge < -0.3 is 9.31 Å². The van der Waals surface area contributed by atoms with E-state index in [1.807, 2.05) is 0 Å². The quantitative estimate of drug-likeness (QED) is 0.764. The third-order valence-electron chi connectivity index (χ3n) is 4.48. The first kappa shape index (κ1) is 15.3. The van der Waals surface area contributed by atoms with Gasteiger partial charge in [-0.25, -0.2) is 0 Å². The number of benzene rings is 1. The fraction of sp³-hybridized carbons (Fsp3) is 0.529. The zero-order valence-corrected chi connectivity index (χ0v) is 13.5. The van der Waals surface area contributed by atoms with Crippen molar-refractivity contribution in [2.45, 2.75) is 59.2 Å². The van der Waals surface area contributed by atoms with Crippen LogP contribution >= 0.6 is 0 Å². The largest absolute Gasteiger partial charge is 0.487 e. The zero-order valence-electron chi connectivity index (χ0n) is 13.5. The maximum Gasteiger partial charge on any atom is 0.487 e. The highest BCUT2D eigenvalue weighted by molar-refractivity contribution is 6.53. The van der Waals surface area contributed by atoms with Crippen LogP contribution in [0.5, 0.6) is 0 Å². The summed E-state index contributed by atoms with van der Waals surface area (Å²) in [5, 5.41) is 0. The highest BCUT2D eigenvalue weighted by Crippen LogP contribution is 2.37. The highest BCUT2D eigenvalue weighted by atomic mass is 16.7. The number of hydrogen-bond acceptors (Lipinski definition) is 2. The molecule has 0 radical (unpaired) electrons. The molecule has 1 aliphatic heterocycles. The van der Waals surface area contributed by atoms with Crippen LogP contribution in [0.25, 0.3) is 5.57 Å². The number of aryl methyl sites for hydroxylation is 1. The summed E-state index contributed by atoms with van der Waals surface area (Å²) in [6, 6.07) is 8.68. The average Bonchev–Trinajstić information content (AvgIpc) is 2.57. The van der Waals surface area contributed by atoms with Crippen molar-refractivity contribution in [3.63, 3.8) is 0 Å². The minimum absolute atomic E-state index is 0.272. The van der Waals surface area contributed by atoms with E-state index in [-0.39, 0.29) is 18.3 Å². The summed E-state index contributed by atoms with van der Waals surface area (Å²) < 4.78 is 12.0. The monoisotopic (exact) mass is 272 g/mol. The molecule has 108 valence electrons. The molecule has 1 aromatic carbocycles. The number of rotatable bonds is 3. The smallest absolute Gasteiger partial charge is 0.400 e. The minimum atomic E-state index is -0.277. The minimum Gasteiger partial charge on any atom is -0.400 e. The van der Waals surface area contributed by atoms with Gasteiger partial charge in [0, 0.05) is 0 Å². The first-order valence-electron chi connectivity index (χ1n) is 7.38. The Kier molecular flexibility index (Phi) is 4.13. The standard InChI is InChI=1S/C17H25BO2/c1-7-14-8-10-15(11-9-14)13(2)12-18-19-16(3,4)17(5,6)20-18/h8-12H,7H2,1-6H3/b13-12+. The van der Waals surface area contributed by atoms with E-state index >= 15 is 0 Å². The van der Waals surface area contributed by atoms with Crippen molar-refractivity contribution in [2.24, 2.45) is 0 Å². The van der Waals surface area contributed by atoms with E-state index in [0.717, 1.165) is 6.42 Å².